The Kier molecular flexibility index (Phi) is 3.67. The average Bonchev–Trinajstić information content (AvgIpc) is 2.39. The molecular formula is C14H15F3O3. The van der Waals surface area contributed by atoms with Gasteiger partial charge in [-0.3, -0.25) is 4.79 Å². The minimum atomic E-state index is -2.84. The van der Waals surface area contributed by atoms with Crippen molar-refractivity contribution in [3.05, 3.63) is 29.6 Å². The molecule has 1 aromatic carbocycles. The van der Waals surface area contributed by atoms with Crippen molar-refractivity contribution in [2.75, 3.05) is 7.11 Å². The summed E-state index contributed by atoms with van der Waals surface area (Å²) in [7, 11) is 1.30. The van der Waals surface area contributed by atoms with E-state index in [-0.39, 0.29) is 24.2 Å². The first-order valence-electron chi connectivity index (χ1n) is 6.26. The Bertz CT molecular complexity index is 518. The Balaban J connectivity index is 2.47. The van der Waals surface area contributed by atoms with Gasteiger partial charge in [0.25, 0.3) is 0 Å². The monoisotopic (exact) mass is 288 g/mol. The molecule has 0 spiro atoms. The van der Waals surface area contributed by atoms with Crippen molar-refractivity contribution in [1.29, 1.82) is 0 Å². The molecule has 0 unspecified atom stereocenters. The number of hydrogen-bond donors (Lipinski definition) is 1. The first-order chi connectivity index (χ1) is 9.31. The zero-order valence-corrected chi connectivity index (χ0v) is 11.0. The third-order valence-electron chi connectivity index (χ3n) is 3.92. The fourth-order valence-corrected chi connectivity index (χ4v) is 2.70. The van der Waals surface area contributed by atoms with Gasteiger partial charge in [-0.1, -0.05) is 6.07 Å². The smallest absolute Gasteiger partial charge is 0.314 e. The number of halogens is 3. The van der Waals surface area contributed by atoms with Crippen LogP contribution in [0.4, 0.5) is 13.2 Å². The topological polar surface area (TPSA) is 46.5 Å². The molecule has 0 radical (unpaired) electrons. The largest absolute Gasteiger partial charge is 0.496 e. The summed E-state index contributed by atoms with van der Waals surface area (Å²) in [6.45, 7) is 0. The van der Waals surface area contributed by atoms with Crippen LogP contribution in [-0.2, 0) is 10.2 Å². The van der Waals surface area contributed by atoms with Crippen LogP contribution in [0.25, 0.3) is 0 Å². The maximum absolute atomic E-state index is 13.3. The number of alkyl halides is 2. The number of carboxylic acid groups (broad SMARTS) is 1. The fraction of sp³-hybridized carbons (Fsp3) is 0.500. The van der Waals surface area contributed by atoms with Crippen molar-refractivity contribution in [1.82, 2.24) is 0 Å². The molecule has 1 aliphatic rings. The Morgan fingerprint density at radius 3 is 2.35 bits per heavy atom. The molecule has 6 heteroatoms. The van der Waals surface area contributed by atoms with E-state index in [1.165, 1.54) is 13.2 Å². The van der Waals surface area contributed by atoms with Crippen LogP contribution in [0.15, 0.2) is 18.2 Å². The molecule has 0 aromatic heterocycles. The molecule has 0 saturated heterocycles. The van der Waals surface area contributed by atoms with Crippen molar-refractivity contribution >= 4 is 5.97 Å². The summed E-state index contributed by atoms with van der Waals surface area (Å²) in [4.78, 5) is 11.6. The first kappa shape index (κ1) is 14.7. The van der Waals surface area contributed by atoms with E-state index >= 15 is 0 Å². The molecule has 110 valence electrons. The van der Waals surface area contributed by atoms with Crippen LogP contribution in [0.1, 0.15) is 31.2 Å². The minimum Gasteiger partial charge on any atom is -0.496 e. The first-order valence-corrected chi connectivity index (χ1v) is 6.26. The predicted octanol–water partition coefficient (Wildman–Crippen LogP) is 3.37. The number of carboxylic acids is 1. The number of benzene rings is 1. The Hall–Kier alpha value is -1.72. The quantitative estimate of drug-likeness (QED) is 0.927. The van der Waals surface area contributed by atoms with E-state index in [4.69, 9.17) is 4.74 Å². The Labute approximate surface area is 114 Å². The van der Waals surface area contributed by atoms with E-state index in [1.54, 1.807) is 0 Å². The van der Waals surface area contributed by atoms with Gasteiger partial charge < -0.3 is 9.84 Å². The highest BCUT2D eigenvalue weighted by Crippen LogP contribution is 2.48. The summed E-state index contributed by atoms with van der Waals surface area (Å²) < 4.78 is 44.8. The van der Waals surface area contributed by atoms with Crippen molar-refractivity contribution in [3.8, 4) is 5.75 Å². The van der Waals surface area contributed by atoms with Gasteiger partial charge in [0.2, 0.25) is 5.92 Å². The summed E-state index contributed by atoms with van der Waals surface area (Å²) in [5.41, 5.74) is -1.19. The van der Waals surface area contributed by atoms with Gasteiger partial charge >= 0.3 is 5.97 Å². The van der Waals surface area contributed by atoms with Crippen molar-refractivity contribution < 1.29 is 27.8 Å². The van der Waals surface area contributed by atoms with E-state index < -0.39 is 36.0 Å². The lowest BCUT2D eigenvalue weighted by Gasteiger charge is -2.37. The maximum atomic E-state index is 13.3. The molecule has 0 heterocycles. The van der Waals surface area contributed by atoms with Gasteiger partial charge in [0, 0.05) is 24.5 Å². The van der Waals surface area contributed by atoms with Crippen molar-refractivity contribution in [3.63, 3.8) is 0 Å². The lowest BCUT2D eigenvalue weighted by atomic mass is 9.68. The number of aliphatic carboxylic acids is 1. The highest BCUT2D eigenvalue weighted by Gasteiger charge is 2.50. The highest BCUT2D eigenvalue weighted by atomic mass is 19.3. The number of hydrogen-bond acceptors (Lipinski definition) is 2. The van der Waals surface area contributed by atoms with Crippen molar-refractivity contribution in [2.45, 2.75) is 37.0 Å². The molecule has 1 N–H and O–H groups in total. The molecule has 0 atom stereocenters. The minimum absolute atomic E-state index is 0.0811. The maximum Gasteiger partial charge on any atom is 0.314 e. The lowest BCUT2D eigenvalue weighted by molar-refractivity contribution is -0.149. The van der Waals surface area contributed by atoms with Gasteiger partial charge in [-0.2, -0.15) is 0 Å². The molecule has 1 saturated carbocycles. The third kappa shape index (κ3) is 2.46. The highest BCUT2D eigenvalue weighted by molar-refractivity contribution is 5.82. The number of carbonyl (C=O) groups is 1. The molecular weight excluding hydrogens is 273 g/mol. The van der Waals surface area contributed by atoms with E-state index in [9.17, 15) is 23.1 Å². The predicted molar refractivity (Wildman–Crippen MR) is 65.7 cm³/mol. The summed E-state index contributed by atoms with van der Waals surface area (Å²) >= 11 is 0. The van der Waals surface area contributed by atoms with Gasteiger partial charge in [-0.15, -0.1) is 0 Å². The fourth-order valence-electron chi connectivity index (χ4n) is 2.70. The molecule has 1 fully saturated rings. The van der Waals surface area contributed by atoms with Crippen LogP contribution >= 0.6 is 0 Å². The average molecular weight is 288 g/mol. The van der Waals surface area contributed by atoms with E-state index in [0.717, 1.165) is 12.1 Å². The van der Waals surface area contributed by atoms with Gasteiger partial charge in [-0.25, -0.2) is 13.2 Å². The van der Waals surface area contributed by atoms with E-state index in [0.29, 0.717) is 0 Å². The van der Waals surface area contributed by atoms with E-state index in [1.807, 2.05) is 0 Å². The van der Waals surface area contributed by atoms with Crippen molar-refractivity contribution in [2.24, 2.45) is 0 Å². The summed E-state index contributed by atoms with van der Waals surface area (Å²) in [5.74, 6) is -4.51. The van der Waals surface area contributed by atoms with Gasteiger partial charge in [0.15, 0.2) is 0 Å². The summed E-state index contributed by atoms with van der Waals surface area (Å²) in [5, 5.41) is 9.51. The molecule has 1 aromatic rings. The van der Waals surface area contributed by atoms with Gasteiger partial charge in [0.05, 0.1) is 12.5 Å². The molecule has 0 amide bonds. The summed E-state index contributed by atoms with van der Waals surface area (Å²) in [6.07, 6.45) is -1.39. The van der Waals surface area contributed by atoms with Crippen LogP contribution in [0, 0.1) is 5.82 Å². The van der Waals surface area contributed by atoms with Gasteiger partial charge in [-0.05, 0) is 18.9 Å². The molecule has 20 heavy (non-hydrogen) atoms. The second-order valence-corrected chi connectivity index (χ2v) is 5.09. The van der Waals surface area contributed by atoms with Crippen LogP contribution in [0.2, 0.25) is 0 Å². The second-order valence-electron chi connectivity index (χ2n) is 5.09. The normalized spacial score (nSPS) is 20.4. The zero-order chi connectivity index (χ0) is 15.0. The van der Waals surface area contributed by atoms with Gasteiger partial charge in [0.1, 0.15) is 11.6 Å². The molecule has 3 nitrogen and oxygen atoms in total. The zero-order valence-electron chi connectivity index (χ0n) is 11.0. The third-order valence-corrected chi connectivity index (χ3v) is 3.92. The Morgan fingerprint density at radius 1 is 1.25 bits per heavy atom. The van der Waals surface area contributed by atoms with Crippen LogP contribution in [0.5, 0.6) is 5.75 Å². The SMILES string of the molecule is COc1cc(F)ccc1C1(C(=O)O)CCC(F)(F)CC1. The molecule has 0 bridgehead atoms. The summed E-state index contributed by atoms with van der Waals surface area (Å²) in [6, 6.07) is 3.51. The number of ether oxygens (including phenoxy) is 1. The number of methoxy groups -OCH3 is 1. The second kappa shape index (κ2) is 5.00. The van der Waals surface area contributed by atoms with Crippen LogP contribution < -0.4 is 4.74 Å². The molecule has 1 aliphatic carbocycles. The molecule has 0 aliphatic heterocycles. The standard InChI is InChI=1S/C14H15F3O3/c1-20-11-8-9(15)2-3-10(11)13(12(18)19)4-6-14(16,17)7-5-13/h2-3,8H,4-7H2,1H3,(H,18,19). The molecule has 2 rings (SSSR count). The van der Waals surface area contributed by atoms with E-state index in [2.05, 4.69) is 0 Å². The van der Waals surface area contributed by atoms with Crippen LogP contribution in [0.3, 0.4) is 0 Å². The lowest BCUT2D eigenvalue weighted by Crippen LogP contribution is -2.43. The Morgan fingerprint density at radius 2 is 1.85 bits per heavy atom. The number of rotatable bonds is 3. The van der Waals surface area contributed by atoms with Crippen LogP contribution in [-0.4, -0.2) is 24.1 Å².